The Bertz CT molecular complexity index is 230. The molecule has 0 aliphatic heterocycles. The Balaban J connectivity index is 2.63. The molecule has 1 rings (SSSR count). The van der Waals surface area contributed by atoms with Gasteiger partial charge in [-0.2, -0.15) is 0 Å². The molecule has 1 heterocycles. The summed E-state index contributed by atoms with van der Waals surface area (Å²) in [7, 11) is 0. The fourth-order valence-electron chi connectivity index (χ4n) is 1.000. The van der Waals surface area contributed by atoms with E-state index in [0.717, 1.165) is 17.9 Å². The molecule has 11 heavy (non-hydrogen) atoms. The molecule has 0 aromatic carbocycles. The molecule has 0 saturated heterocycles. The van der Waals surface area contributed by atoms with Crippen LogP contribution in [0.15, 0.2) is 6.33 Å². The first kappa shape index (κ1) is 8.24. The number of nitrogens with zero attached hydrogens (tertiary/aromatic N) is 2. The van der Waals surface area contributed by atoms with Crippen LogP contribution in [0.2, 0.25) is 0 Å². The third kappa shape index (κ3) is 1.79. The van der Waals surface area contributed by atoms with E-state index in [2.05, 4.69) is 4.98 Å². The molecule has 0 amide bonds. The molecule has 3 heteroatoms. The SMILES string of the molecule is Cc1ncn(CCCF)c1C. The van der Waals surface area contributed by atoms with Gasteiger partial charge in [-0.1, -0.05) is 0 Å². The van der Waals surface area contributed by atoms with Crippen molar-refractivity contribution in [3.8, 4) is 0 Å². The Morgan fingerprint density at radius 1 is 1.55 bits per heavy atom. The summed E-state index contributed by atoms with van der Waals surface area (Å²) >= 11 is 0. The minimum Gasteiger partial charge on any atom is -0.335 e. The van der Waals surface area contributed by atoms with Crippen LogP contribution in [0.25, 0.3) is 0 Å². The van der Waals surface area contributed by atoms with Crippen LogP contribution in [0.4, 0.5) is 4.39 Å². The van der Waals surface area contributed by atoms with Gasteiger partial charge in [0.15, 0.2) is 0 Å². The second kappa shape index (κ2) is 3.51. The highest BCUT2D eigenvalue weighted by Gasteiger charge is 1.99. The summed E-state index contributed by atoms with van der Waals surface area (Å²) in [5, 5.41) is 0. The van der Waals surface area contributed by atoms with E-state index in [0.29, 0.717) is 6.42 Å². The van der Waals surface area contributed by atoms with Crippen molar-refractivity contribution in [1.82, 2.24) is 9.55 Å². The predicted octanol–water partition coefficient (Wildman–Crippen LogP) is 1.86. The molecule has 0 N–H and O–H groups in total. The molecule has 1 aromatic heterocycles. The molecule has 0 fully saturated rings. The summed E-state index contributed by atoms with van der Waals surface area (Å²) in [6.07, 6.45) is 2.34. The van der Waals surface area contributed by atoms with Crippen molar-refractivity contribution in [2.45, 2.75) is 26.8 Å². The first-order chi connectivity index (χ1) is 5.25. The molecular formula is C8H13FN2. The molecule has 0 aliphatic carbocycles. The largest absolute Gasteiger partial charge is 0.335 e. The summed E-state index contributed by atoms with van der Waals surface area (Å²) in [5.74, 6) is 0. The molecule has 0 atom stereocenters. The van der Waals surface area contributed by atoms with Crippen LogP contribution in [0.5, 0.6) is 0 Å². The van der Waals surface area contributed by atoms with Gasteiger partial charge in [0.25, 0.3) is 0 Å². The molecule has 0 radical (unpaired) electrons. The molecule has 62 valence electrons. The highest BCUT2D eigenvalue weighted by atomic mass is 19.1. The predicted molar refractivity (Wildman–Crippen MR) is 42.3 cm³/mol. The Hall–Kier alpha value is -0.860. The number of aromatic nitrogens is 2. The van der Waals surface area contributed by atoms with Crippen LogP contribution in [-0.4, -0.2) is 16.2 Å². The second-order valence-electron chi connectivity index (χ2n) is 2.65. The van der Waals surface area contributed by atoms with Gasteiger partial charge >= 0.3 is 0 Å². The van der Waals surface area contributed by atoms with E-state index in [-0.39, 0.29) is 6.67 Å². The van der Waals surface area contributed by atoms with Crippen molar-refractivity contribution < 1.29 is 4.39 Å². The standard InChI is InChI=1S/C8H13FN2/c1-7-8(2)11(6-10-7)5-3-4-9/h6H,3-5H2,1-2H3. The minimum atomic E-state index is -0.253. The Morgan fingerprint density at radius 3 is 2.73 bits per heavy atom. The molecule has 0 unspecified atom stereocenters. The maximum atomic E-state index is 11.8. The fourth-order valence-corrected chi connectivity index (χ4v) is 1.000. The van der Waals surface area contributed by atoms with E-state index in [1.807, 2.05) is 18.4 Å². The Kier molecular flexibility index (Phi) is 2.63. The van der Waals surface area contributed by atoms with Crippen LogP contribution in [0.3, 0.4) is 0 Å². The number of alkyl halides is 1. The first-order valence-electron chi connectivity index (χ1n) is 3.80. The third-order valence-electron chi connectivity index (χ3n) is 1.88. The van der Waals surface area contributed by atoms with E-state index in [1.165, 1.54) is 0 Å². The molecule has 0 bridgehead atoms. The lowest BCUT2D eigenvalue weighted by Gasteiger charge is -2.01. The van der Waals surface area contributed by atoms with Gasteiger partial charge < -0.3 is 4.57 Å². The van der Waals surface area contributed by atoms with E-state index in [9.17, 15) is 4.39 Å². The highest BCUT2D eigenvalue weighted by molar-refractivity contribution is 5.08. The number of imidazole rings is 1. The monoisotopic (exact) mass is 156 g/mol. The maximum absolute atomic E-state index is 11.8. The van der Waals surface area contributed by atoms with Crippen LogP contribution >= 0.6 is 0 Å². The lowest BCUT2D eigenvalue weighted by molar-refractivity contribution is 0.445. The summed E-state index contributed by atoms with van der Waals surface area (Å²) in [6, 6.07) is 0. The van der Waals surface area contributed by atoms with Crippen molar-refractivity contribution >= 4 is 0 Å². The fraction of sp³-hybridized carbons (Fsp3) is 0.625. The van der Waals surface area contributed by atoms with Crippen LogP contribution in [-0.2, 0) is 6.54 Å². The Labute approximate surface area is 66.1 Å². The van der Waals surface area contributed by atoms with Crippen molar-refractivity contribution in [2.24, 2.45) is 0 Å². The van der Waals surface area contributed by atoms with Crippen LogP contribution < -0.4 is 0 Å². The highest BCUT2D eigenvalue weighted by Crippen LogP contribution is 2.04. The average molecular weight is 156 g/mol. The maximum Gasteiger partial charge on any atom is 0.0951 e. The van der Waals surface area contributed by atoms with Gasteiger partial charge in [-0.3, -0.25) is 4.39 Å². The quantitative estimate of drug-likeness (QED) is 0.653. The molecule has 0 saturated carbocycles. The molecule has 0 aliphatic rings. The lowest BCUT2D eigenvalue weighted by Crippen LogP contribution is -1.99. The second-order valence-corrected chi connectivity index (χ2v) is 2.65. The summed E-state index contributed by atoms with van der Waals surface area (Å²) < 4.78 is 13.8. The van der Waals surface area contributed by atoms with Gasteiger partial charge in [0.1, 0.15) is 0 Å². The van der Waals surface area contributed by atoms with Crippen molar-refractivity contribution in [3.05, 3.63) is 17.7 Å². The van der Waals surface area contributed by atoms with Gasteiger partial charge in [-0.25, -0.2) is 4.98 Å². The molecule has 2 nitrogen and oxygen atoms in total. The van der Waals surface area contributed by atoms with E-state index in [1.54, 1.807) is 6.33 Å². The normalized spacial score (nSPS) is 10.5. The number of hydrogen-bond donors (Lipinski definition) is 0. The number of rotatable bonds is 3. The first-order valence-corrected chi connectivity index (χ1v) is 3.80. The van der Waals surface area contributed by atoms with E-state index >= 15 is 0 Å². The summed E-state index contributed by atoms with van der Waals surface area (Å²) in [4.78, 5) is 4.11. The van der Waals surface area contributed by atoms with Gasteiger partial charge in [0, 0.05) is 12.2 Å². The smallest absolute Gasteiger partial charge is 0.0951 e. The van der Waals surface area contributed by atoms with E-state index < -0.39 is 0 Å². The number of hydrogen-bond acceptors (Lipinski definition) is 1. The lowest BCUT2D eigenvalue weighted by atomic mass is 10.3. The summed E-state index contributed by atoms with van der Waals surface area (Å²) in [5.41, 5.74) is 2.17. The van der Waals surface area contributed by atoms with Crippen molar-refractivity contribution in [1.29, 1.82) is 0 Å². The number of halogens is 1. The average Bonchev–Trinajstić information content (AvgIpc) is 2.31. The van der Waals surface area contributed by atoms with Gasteiger partial charge in [-0.05, 0) is 20.3 Å². The van der Waals surface area contributed by atoms with Crippen molar-refractivity contribution in [2.75, 3.05) is 6.67 Å². The van der Waals surface area contributed by atoms with Gasteiger partial charge in [0.05, 0.1) is 18.7 Å². The number of aryl methyl sites for hydroxylation is 2. The zero-order valence-electron chi connectivity index (χ0n) is 6.97. The minimum absolute atomic E-state index is 0.253. The molecule has 1 aromatic rings. The summed E-state index contributed by atoms with van der Waals surface area (Å²) in [6.45, 7) is 4.45. The van der Waals surface area contributed by atoms with Crippen molar-refractivity contribution in [3.63, 3.8) is 0 Å². The molecule has 0 spiro atoms. The van der Waals surface area contributed by atoms with Gasteiger partial charge in [0.2, 0.25) is 0 Å². The topological polar surface area (TPSA) is 17.8 Å². The van der Waals surface area contributed by atoms with E-state index in [4.69, 9.17) is 0 Å². The third-order valence-corrected chi connectivity index (χ3v) is 1.88. The molecular weight excluding hydrogens is 143 g/mol. The van der Waals surface area contributed by atoms with Crippen LogP contribution in [0, 0.1) is 13.8 Å². The zero-order chi connectivity index (χ0) is 8.27. The Morgan fingerprint density at radius 2 is 2.27 bits per heavy atom. The van der Waals surface area contributed by atoms with Crippen LogP contribution in [0.1, 0.15) is 17.8 Å². The zero-order valence-corrected chi connectivity index (χ0v) is 6.97. The van der Waals surface area contributed by atoms with Gasteiger partial charge in [-0.15, -0.1) is 0 Å².